The number of hydrogen-bond donors (Lipinski definition) is 3. The molecule has 0 aliphatic heterocycles. The van der Waals surface area contributed by atoms with Gasteiger partial charge in [-0.15, -0.1) is 11.3 Å². The normalized spacial score (nSPS) is 14.3. The van der Waals surface area contributed by atoms with Gasteiger partial charge >= 0.3 is 12.1 Å². The summed E-state index contributed by atoms with van der Waals surface area (Å²) in [5.74, 6) is -1.63. The summed E-state index contributed by atoms with van der Waals surface area (Å²) < 4.78 is 59.8. The summed E-state index contributed by atoms with van der Waals surface area (Å²) in [6.07, 6.45) is -7.87. The second-order valence-corrected chi connectivity index (χ2v) is 6.02. The van der Waals surface area contributed by atoms with Crippen molar-refractivity contribution >= 4 is 27.3 Å². The van der Waals surface area contributed by atoms with E-state index in [-0.39, 0.29) is 0 Å². The lowest BCUT2D eigenvalue weighted by atomic mass is 10.4. The molecule has 19 heavy (non-hydrogen) atoms. The van der Waals surface area contributed by atoms with Gasteiger partial charge in [-0.25, -0.2) is 22.9 Å². The molecule has 1 atom stereocenters. The predicted octanol–water partition coefficient (Wildman–Crippen LogP) is 0.0428. The van der Waals surface area contributed by atoms with E-state index in [2.05, 4.69) is 4.98 Å². The van der Waals surface area contributed by atoms with Gasteiger partial charge in [-0.2, -0.15) is 13.2 Å². The number of halogens is 3. The number of thiazole rings is 1. The highest BCUT2D eigenvalue weighted by atomic mass is 32.2. The molecular weight excluding hydrogens is 313 g/mol. The van der Waals surface area contributed by atoms with Crippen LogP contribution >= 0.6 is 11.3 Å². The third-order valence-electron chi connectivity index (χ3n) is 1.83. The molecule has 1 unspecified atom stereocenters. The van der Waals surface area contributed by atoms with Crippen molar-refractivity contribution < 1.29 is 36.6 Å². The summed E-state index contributed by atoms with van der Waals surface area (Å²) >= 11 is 0.439. The fourth-order valence-corrected chi connectivity index (χ4v) is 3.16. The average molecular weight is 320 g/mol. The van der Waals surface area contributed by atoms with Crippen molar-refractivity contribution in [1.29, 1.82) is 0 Å². The number of aliphatic hydroxyl groups is 1. The van der Waals surface area contributed by atoms with E-state index in [9.17, 15) is 26.4 Å². The molecular formula is C7H7F3N2O5S2. The van der Waals surface area contributed by atoms with Crippen LogP contribution in [0.2, 0.25) is 0 Å². The fraction of sp³-hybridized carbons (Fsp3) is 0.429. The van der Waals surface area contributed by atoms with E-state index in [0.29, 0.717) is 11.3 Å². The number of aromatic carboxylic acids is 1. The molecule has 0 saturated carbocycles. The summed E-state index contributed by atoms with van der Waals surface area (Å²) in [4.78, 5) is 13.9. The van der Waals surface area contributed by atoms with Crippen LogP contribution in [0.25, 0.3) is 0 Å². The van der Waals surface area contributed by atoms with Crippen LogP contribution in [-0.2, 0) is 10.0 Å². The van der Waals surface area contributed by atoms with Crippen molar-refractivity contribution in [1.82, 2.24) is 9.71 Å². The molecule has 3 N–H and O–H groups in total. The summed E-state index contributed by atoms with van der Waals surface area (Å²) in [5, 5.41) is 17.3. The highest BCUT2D eigenvalue weighted by Gasteiger charge is 2.39. The van der Waals surface area contributed by atoms with Crippen LogP contribution in [0.3, 0.4) is 0 Å². The number of nitrogens with zero attached hydrogens (tertiary/aromatic N) is 1. The molecule has 7 nitrogen and oxygen atoms in total. The van der Waals surface area contributed by atoms with E-state index >= 15 is 0 Å². The number of nitrogens with one attached hydrogen (secondary N) is 1. The van der Waals surface area contributed by atoms with Crippen molar-refractivity contribution in [3.05, 3.63) is 11.2 Å². The van der Waals surface area contributed by atoms with Gasteiger partial charge in [-0.3, -0.25) is 0 Å². The zero-order valence-corrected chi connectivity index (χ0v) is 10.5. The minimum Gasteiger partial charge on any atom is -0.476 e. The van der Waals surface area contributed by atoms with E-state index in [1.165, 1.54) is 4.72 Å². The molecule has 0 spiro atoms. The Bertz CT molecular complexity index is 568. The molecule has 1 aromatic heterocycles. The Morgan fingerprint density at radius 3 is 2.58 bits per heavy atom. The number of carbonyl (C=O) groups is 1. The molecule has 12 heteroatoms. The van der Waals surface area contributed by atoms with Crippen LogP contribution in [0.5, 0.6) is 0 Å². The summed E-state index contributed by atoms with van der Waals surface area (Å²) in [7, 11) is -4.48. The second-order valence-electron chi connectivity index (χ2n) is 3.20. The van der Waals surface area contributed by atoms with Gasteiger partial charge in [0.2, 0.25) is 0 Å². The van der Waals surface area contributed by atoms with Gasteiger partial charge in [0.25, 0.3) is 10.0 Å². The molecule has 0 aliphatic carbocycles. The third kappa shape index (κ3) is 3.86. The Kier molecular flexibility index (Phi) is 4.50. The van der Waals surface area contributed by atoms with Crippen molar-refractivity contribution in [3.63, 3.8) is 0 Å². The first-order valence-electron chi connectivity index (χ1n) is 4.47. The zero-order chi connectivity index (χ0) is 14.8. The molecule has 108 valence electrons. The van der Waals surface area contributed by atoms with Gasteiger partial charge in [0.05, 0.1) is 5.51 Å². The molecule has 1 aromatic rings. The summed E-state index contributed by atoms with van der Waals surface area (Å²) in [5.41, 5.74) is 0.136. The van der Waals surface area contributed by atoms with Gasteiger partial charge in [-0.1, -0.05) is 0 Å². The second kappa shape index (κ2) is 5.40. The molecule has 1 rings (SSSR count). The van der Waals surface area contributed by atoms with Gasteiger partial charge < -0.3 is 10.2 Å². The van der Waals surface area contributed by atoms with Crippen molar-refractivity contribution in [2.75, 3.05) is 6.54 Å². The maximum Gasteiger partial charge on any atom is 0.415 e. The Labute approximate surface area is 108 Å². The number of carboxylic acids is 1. The smallest absolute Gasteiger partial charge is 0.415 e. The third-order valence-corrected chi connectivity index (χ3v) is 4.62. The summed E-state index contributed by atoms with van der Waals surface area (Å²) in [6.45, 7) is -1.32. The highest BCUT2D eigenvalue weighted by molar-refractivity contribution is 7.91. The van der Waals surface area contributed by atoms with Gasteiger partial charge in [-0.05, 0) is 0 Å². The number of aliphatic hydroxyl groups excluding tert-OH is 1. The molecule has 0 aliphatic rings. The first kappa shape index (κ1) is 15.8. The lowest BCUT2D eigenvalue weighted by Crippen LogP contribution is -2.40. The minimum atomic E-state index is -4.98. The van der Waals surface area contributed by atoms with E-state index in [0.717, 1.165) is 5.51 Å². The topological polar surface area (TPSA) is 117 Å². The molecule has 0 amide bonds. The van der Waals surface area contributed by atoms with Crippen LogP contribution in [0.1, 0.15) is 10.5 Å². The lowest BCUT2D eigenvalue weighted by molar-refractivity contribution is -0.200. The maximum absolute atomic E-state index is 12.0. The Balaban J connectivity index is 2.88. The van der Waals surface area contributed by atoms with E-state index in [1.54, 1.807) is 0 Å². The van der Waals surface area contributed by atoms with E-state index in [4.69, 9.17) is 10.2 Å². The standard InChI is InChI=1S/C7H7F3N2O5S2/c8-7(9,10)3(13)1-12-19(16,17)6-4(5(14)15)11-2-18-6/h2-3,12-13H,1H2,(H,14,15). The molecule has 0 saturated heterocycles. The lowest BCUT2D eigenvalue weighted by Gasteiger charge is -2.14. The molecule has 0 aromatic carbocycles. The monoisotopic (exact) mass is 320 g/mol. The Morgan fingerprint density at radius 1 is 1.53 bits per heavy atom. The first-order chi connectivity index (χ1) is 8.55. The van der Waals surface area contributed by atoms with Gasteiger partial charge in [0.15, 0.2) is 16.0 Å². The van der Waals surface area contributed by atoms with Crippen molar-refractivity contribution in [2.45, 2.75) is 16.5 Å². The number of alkyl halides is 3. The summed E-state index contributed by atoms with van der Waals surface area (Å²) in [6, 6.07) is 0. The van der Waals surface area contributed by atoms with Crippen LogP contribution in [0, 0.1) is 0 Å². The van der Waals surface area contributed by atoms with Crippen molar-refractivity contribution in [3.8, 4) is 0 Å². The number of carboxylic acid groups (broad SMARTS) is 1. The van der Waals surface area contributed by atoms with Crippen LogP contribution in [0.15, 0.2) is 9.72 Å². The van der Waals surface area contributed by atoms with Crippen LogP contribution in [-0.4, -0.2) is 48.4 Å². The van der Waals surface area contributed by atoms with Crippen molar-refractivity contribution in [2.24, 2.45) is 0 Å². The number of sulfonamides is 1. The number of rotatable bonds is 5. The quantitative estimate of drug-likeness (QED) is 0.705. The molecule has 0 bridgehead atoms. The predicted molar refractivity (Wildman–Crippen MR) is 56.3 cm³/mol. The van der Waals surface area contributed by atoms with Crippen LogP contribution in [0.4, 0.5) is 13.2 Å². The first-order valence-corrected chi connectivity index (χ1v) is 6.83. The van der Waals surface area contributed by atoms with Gasteiger partial charge in [0.1, 0.15) is 0 Å². The zero-order valence-electron chi connectivity index (χ0n) is 8.88. The molecule has 1 heterocycles. The number of aromatic nitrogens is 1. The van der Waals surface area contributed by atoms with Crippen LogP contribution < -0.4 is 4.72 Å². The van der Waals surface area contributed by atoms with E-state index in [1.807, 2.05) is 0 Å². The number of hydrogen-bond acceptors (Lipinski definition) is 6. The van der Waals surface area contributed by atoms with E-state index < -0.39 is 44.7 Å². The minimum absolute atomic E-state index is 0.439. The average Bonchev–Trinajstić information content (AvgIpc) is 2.74. The Hall–Kier alpha value is -1.24. The SMILES string of the molecule is O=C(O)c1ncsc1S(=O)(=O)NCC(O)C(F)(F)F. The Morgan fingerprint density at radius 2 is 2.11 bits per heavy atom. The fourth-order valence-electron chi connectivity index (χ4n) is 0.939. The molecule has 0 fully saturated rings. The maximum atomic E-state index is 12.0. The van der Waals surface area contributed by atoms with Gasteiger partial charge in [0, 0.05) is 6.54 Å². The molecule has 0 radical (unpaired) electrons. The highest BCUT2D eigenvalue weighted by Crippen LogP contribution is 2.22. The largest absolute Gasteiger partial charge is 0.476 e.